The summed E-state index contributed by atoms with van der Waals surface area (Å²) in [5.41, 5.74) is 1.25. The van der Waals surface area contributed by atoms with E-state index < -0.39 is 0 Å². The lowest BCUT2D eigenvalue weighted by Crippen LogP contribution is -2.40. The third-order valence-electron chi connectivity index (χ3n) is 4.75. The maximum Gasteiger partial charge on any atom is 0.266 e. The summed E-state index contributed by atoms with van der Waals surface area (Å²) < 4.78 is 26.2. The van der Waals surface area contributed by atoms with Crippen molar-refractivity contribution in [2.24, 2.45) is 0 Å². The SMILES string of the molecule is Cc1ccccc1OCC(=O)N(CC1CCCO1)c1nc2c(F)cccc2s1. The number of benzene rings is 2. The number of hydrogen-bond donors (Lipinski definition) is 0. The van der Waals surface area contributed by atoms with E-state index in [4.69, 9.17) is 9.47 Å². The second-order valence-electron chi connectivity index (χ2n) is 6.78. The maximum absolute atomic E-state index is 14.1. The highest BCUT2D eigenvalue weighted by Gasteiger charge is 2.27. The number of carbonyl (C=O) groups is 1. The summed E-state index contributed by atoms with van der Waals surface area (Å²) in [7, 11) is 0. The van der Waals surface area contributed by atoms with Gasteiger partial charge in [-0.3, -0.25) is 9.69 Å². The molecule has 7 heteroatoms. The van der Waals surface area contributed by atoms with Crippen molar-refractivity contribution >= 4 is 32.6 Å². The Bertz CT molecular complexity index is 985. The highest BCUT2D eigenvalue weighted by Crippen LogP contribution is 2.31. The number of carbonyl (C=O) groups excluding carboxylic acids is 1. The number of aryl methyl sites for hydroxylation is 1. The lowest BCUT2D eigenvalue weighted by Gasteiger charge is -2.23. The molecular weight excluding hydrogens is 379 g/mol. The van der Waals surface area contributed by atoms with Gasteiger partial charge in [-0.05, 0) is 43.5 Å². The van der Waals surface area contributed by atoms with Crippen LogP contribution in [0.4, 0.5) is 9.52 Å². The first-order valence-electron chi connectivity index (χ1n) is 9.27. The van der Waals surface area contributed by atoms with Crippen molar-refractivity contribution in [1.82, 2.24) is 4.98 Å². The number of para-hydroxylation sites is 2. The van der Waals surface area contributed by atoms with Gasteiger partial charge in [0.15, 0.2) is 11.7 Å². The van der Waals surface area contributed by atoms with Crippen LogP contribution in [0.15, 0.2) is 42.5 Å². The summed E-state index contributed by atoms with van der Waals surface area (Å²) in [5.74, 6) is 0.0575. The summed E-state index contributed by atoms with van der Waals surface area (Å²) in [5, 5.41) is 0.467. The monoisotopic (exact) mass is 400 g/mol. The highest BCUT2D eigenvalue weighted by molar-refractivity contribution is 7.22. The number of hydrogen-bond acceptors (Lipinski definition) is 5. The molecule has 1 fully saturated rings. The molecule has 0 aliphatic carbocycles. The second-order valence-corrected chi connectivity index (χ2v) is 7.79. The molecular formula is C21H21FN2O3S. The maximum atomic E-state index is 14.1. The molecule has 1 aliphatic rings. The Hall–Kier alpha value is -2.51. The van der Waals surface area contributed by atoms with Crippen LogP contribution < -0.4 is 9.64 Å². The molecule has 0 saturated carbocycles. The predicted molar refractivity (Wildman–Crippen MR) is 108 cm³/mol. The van der Waals surface area contributed by atoms with Gasteiger partial charge in [0.05, 0.1) is 17.3 Å². The molecule has 2 heterocycles. The van der Waals surface area contributed by atoms with Crippen LogP contribution in [0.3, 0.4) is 0 Å². The Balaban J connectivity index is 1.57. The molecule has 146 valence electrons. The van der Waals surface area contributed by atoms with Gasteiger partial charge in [-0.1, -0.05) is 35.6 Å². The fourth-order valence-electron chi connectivity index (χ4n) is 3.23. The molecule has 1 aliphatic heterocycles. The fourth-order valence-corrected chi connectivity index (χ4v) is 4.24. The first-order valence-corrected chi connectivity index (χ1v) is 10.1. The number of rotatable bonds is 6. The average Bonchev–Trinajstić information content (AvgIpc) is 3.35. The number of fused-ring (bicyclic) bond motifs is 1. The minimum atomic E-state index is -0.388. The predicted octanol–water partition coefficient (Wildman–Crippen LogP) is 4.33. The molecule has 1 aromatic heterocycles. The zero-order chi connectivity index (χ0) is 19.5. The first kappa shape index (κ1) is 18.8. The molecule has 1 atom stereocenters. The zero-order valence-electron chi connectivity index (χ0n) is 15.6. The van der Waals surface area contributed by atoms with Crippen LogP contribution >= 0.6 is 11.3 Å². The van der Waals surface area contributed by atoms with Gasteiger partial charge in [0, 0.05) is 6.61 Å². The van der Waals surface area contributed by atoms with Crippen molar-refractivity contribution in [3.8, 4) is 5.75 Å². The van der Waals surface area contributed by atoms with Gasteiger partial charge in [-0.25, -0.2) is 9.37 Å². The number of anilines is 1. The van der Waals surface area contributed by atoms with E-state index in [1.54, 1.807) is 17.0 Å². The number of amides is 1. The van der Waals surface area contributed by atoms with Crippen molar-refractivity contribution in [3.63, 3.8) is 0 Å². The van der Waals surface area contributed by atoms with Gasteiger partial charge < -0.3 is 9.47 Å². The summed E-state index contributed by atoms with van der Waals surface area (Å²) in [4.78, 5) is 18.9. The normalized spacial score (nSPS) is 16.4. The smallest absolute Gasteiger partial charge is 0.266 e. The van der Waals surface area contributed by atoms with E-state index in [1.165, 1.54) is 17.4 Å². The summed E-state index contributed by atoms with van der Waals surface area (Å²) >= 11 is 1.30. The van der Waals surface area contributed by atoms with Gasteiger partial charge >= 0.3 is 0 Å². The zero-order valence-corrected chi connectivity index (χ0v) is 16.4. The van der Waals surface area contributed by atoms with Crippen molar-refractivity contribution in [1.29, 1.82) is 0 Å². The quantitative estimate of drug-likeness (QED) is 0.618. The lowest BCUT2D eigenvalue weighted by molar-refractivity contribution is -0.120. The number of thiazole rings is 1. The van der Waals surface area contributed by atoms with E-state index in [2.05, 4.69) is 4.98 Å². The van der Waals surface area contributed by atoms with Gasteiger partial charge in [0.2, 0.25) is 0 Å². The minimum absolute atomic E-state index is 0.0423. The topological polar surface area (TPSA) is 51.7 Å². The van der Waals surface area contributed by atoms with Gasteiger partial charge in [-0.2, -0.15) is 0 Å². The minimum Gasteiger partial charge on any atom is -0.483 e. The number of nitrogens with zero attached hydrogens (tertiary/aromatic N) is 2. The molecule has 4 rings (SSSR count). The first-order chi connectivity index (χ1) is 13.6. The number of ether oxygens (including phenoxy) is 2. The Morgan fingerprint density at radius 3 is 2.93 bits per heavy atom. The van der Waals surface area contributed by atoms with Crippen molar-refractivity contribution < 1.29 is 18.7 Å². The molecule has 0 N–H and O–H groups in total. The van der Waals surface area contributed by atoms with E-state index in [0.29, 0.717) is 28.7 Å². The molecule has 28 heavy (non-hydrogen) atoms. The number of aromatic nitrogens is 1. The van der Waals surface area contributed by atoms with Gasteiger partial charge in [0.25, 0.3) is 5.91 Å². The van der Waals surface area contributed by atoms with Crippen molar-refractivity contribution in [2.75, 3.05) is 24.7 Å². The largest absolute Gasteiger partial charge is 0.483 e. The molecule has 2 aromatic carbocycles. The molecule has 1 unspecified atom stereocenters. The second kappa shape index (κ2) is 8.24. The molecule has 5 nitrogen and oxygen atoms in total. The van der Waals surface area contributed by atoms with Crippen LogP contribution in [-0.4, -0.2) is 36.8 Å². The third-order valence-corrected chi connectivity index (χ3v) is 5.79. The van der Waals surface area contributed by atoms with Gasteiger partial charge in [-0.15, -0.1) is 0 Å². The van der Waals surface area contributed by atoms with Crippen LogP contribution in [-0.2, 0) is 9.53 Å². The number of halogens is 1. The average molecular weight is 400 g/mol. The van der Waals surface area contributed by atoms with Crippen LogP contribution in [0, 0.1) is 12.7 Å². The van der Waals surface area contributed by atoms with Crippen LogP contribution in [0.1, 0.15) is 18.4 Å². The summed E-state index contributed by atoms with van der Waals surface area (Å²) in [6.45, 7) is 2.90. The van der Waals surface area contributed by atoms with Crippen LogP contribution in [0.2, 0.25) is 0 Å². The Morgan fingerprint density at radius 2 is 2.18 bits per heavy atom. The van der Waals surface area contributed by atoms with E-state index in [9.17, 15) is 9.18 Å². The molecule has 1 amide bonds. The summed E-state index contributed by atoms with van der Waals surface area (Å²) in [6.07, 6.45) is 1.82. The molecule has 1 saturated heterocycles. The standard InChI is InChI=1S/C21H21FN2O3S/c1-14-6-2-3-9-17(14)27-13-19(25)24(12-15-7-5-11-26-15)21-23-20-16(22)8-4-10-18(20)28-21/h2-4,6,8-10,15H,5,7,11-13H2,1H3. The molecule has 3 aromatic rings. The third kappa shape index (κ3) is 4.00. The summed E-state index contributed by atoms with van der Waals surface area (Å²) in [6, 6.07) is 12.4. The Labute approximate surface area is 166 Å². The van der Waals surface area contributed by atoms with E-state index >= 15 is 0 Å². The molecule has 0 radical (unpaired) electrons. The van der Waals surface area contributed by atoms with Crippen LogP contribution in [0.25, 0.3) is 10.2 Å². The van der Waals surface area contributed by atoms with E-state index in [0.717, 1.165) is 18.4 Å². The lowest BCUT2D eigenvalue weighted by atomic mass is 10.2. The van der Waals surface area contributed by atoms with E-state index in [-0.39, 0.29) is 30.0 Å². The highest BCUT2D eigenvalue weighted by atomic mass is 32.1. The van der Waals surface area contributed by atoms with Crippen LogP contribution in [0.5, 0.6) is 5.75 Å². The van der Waals surface area contributed by atoms with Gasteiger partial charge in [0.1, 0.15) is 17.1 Å². The Morgan fingerprint density at radius 1 is 1.32 bits per heavy atom. The van der Waals surface area contributed by atoms with Crippen molar-refractivity contribution in [3.05, 3.63) is 53.8 Å². The Kier molecular flexibility index (Phi) is 5.54. The molecule has 0 bridgehead atoms. The molecule has 0 spiro atoms. The van der Waals surface area contributed by atoms with Crippen molar-refractivity contribution in [2.45, 2.75) is 25.9 Å². The van der Waals surface area contributed by atoms with E-state index in [1.807, 2.05) is 31.2 Å². The fraction of sp³-hybridized carbons (Fsp3) is 0.333.